The van der Waals surface area contributed by atoms with Gasteiger partial charge in [-0.1, -0.05) is 61.5 Å². The van der Waals surface area contributed by atoms with Gasteiger partial charge in [-0.3, -0.25) is 9.59 Å². The maximum atomic E-state index is 12.0. The van der Waals surface area contributed by atoms with Gasteiger partial charge in [-0.15, -0.1) is 0 Å². The summed E-state index contributed by atoms with van der Waals surface area (Å²) in [5.41, 5.74) is 1.88. The zero-order valence-electron chi connectivity index (χ0n) is 15.3. The molecular weight excluding hydrogens is 340 g/mol. The minimum Gasteiger partial charge on any atom is -0.461 e. The maximum absolute atomic E-state index is 12.0. The lowest BCUT2D eigenvalue weighted by Crippen LogP contribution is -2.13. The Hall–Kier alpha value is -3.14. The van der Waals surface area contributed by atoms with Crippen LogP contribution in [-0.4, -0.2) is 11.9 Å². The number of carbonyl (C=O) groups excluding carboxylic acids is 2. The van der Waals surface area contributed by atoms with Gasteiger partial charge in [-0.25, -0.2) is 0 Å². The Bertz CT molecular complexity index is 946. The Labute approximate surface area is 158 Å². The second-order valence-electron chi connectivity index (χ2n) is 6.28. The molecule has 0 saturated heterocycles. The lowest BCUT2D eigenvalue weighted by molar-refractivity contribution is -0.148. The molecule has 0 aliphatic carbocycles. The Balaban J connectivity index is 1.46. The monoisotopic (exact) mass is 362 g/mol. The summed E-state index contributed by atoms with van der Waals surface area (Å²) in [5.74, 6) is -0.294. The highest BCUT2D eigenvalue weighted by Gasteiger charge is 2.12. The average molecular weight is 362 g/mol. The van der Waals surface area contributed by atoms with E-state index in [-0.39, 0.29) is 19.4 Å². The van der Waals surface area contributed by atoms with Gasteiger partial charge >= 0.3 is 11.9 Å². The topological polar surface area (TPSA) is 52.6 Å². The van der Waals surface area contributed by atoms with Gasteiger partial charge in [-0.2, -0.15) is 0 Å². The minimum absolute atomic E-state index is 0.000701. The first-order chi connectivity index (χ1) is 13.2. The van der Waals surface area contributed by atoms with Crippen LogP contribution in [0.4, 0.5) is 0 Å². The van der Waals surface area contributed by atoms with Crippen molar-refractivity contribution in [1.29, 1.82) is 0 Å². The molecule has 3 rings (SSSR count). The van der Waals surface area contributed by atoms with Crippen molar-refractivity contribution >= 4 is 22.7 Å². The Kier molecular flexibility index (Phi) is 6.21. The second kappa shape index (κ2) is 8.99. The fraction of sp³-hybridized carbons (Fsp3) is 0.217. The zero-order chi connectivity index (χ0) is 19.1. The first-order valence-corrected chi connectivity index (χ1v) is 9.07. The summed E-state index contributed by atoms with van der Waals surface area (Å²) in [6, 6.07) is 21.3. The first kappa shape index (κ1) is 18.6. The van der Waals surface area contributed by atoms with Crippen LogP contribution in [0.1, 0.15) is 30.9 Å². The Morgan fingerprint density at radius 3 is 2.33 bits per heavy atom. The molecule has 4 heteroatoms. The first-order valence-electron chi connectivity index (χ1n) is 9.07. The molecule has 0 fully saturated rings. The summed E-state index contributed by atoms with van der Waals surface area (Å²) in [6.07, 6.45) is 0.770. The van der Waals surface area contributed by atoms with Gasteiger partial charge in [0.1, 0.15) is 12.4 Å². The standard InChI is InChI=1S/C23H22O4/c1-2-18-7-5-6-10-21(18)27-23(25)14-13-22(24)26-16-17-11-12-19-8-3-4-9-20(19)15-17/h3-12,15H,2,13-14,16H2,1H3. The quantitative estimate of drug-likeness (QED) is 0.446. The number of hydrogen-bond acceptors (Lipinski definition) is 4. The van der Waals surface area contributed by atoms with Gasteiger partial charge < -0.3 is 9.47 Å². The van der Waals surface area contributed by atoms with Gasteiger partial charge in [-0.05, 0) is 40.5 Å². The van der Waals surface area contributed by atoms with Crippen LogP contribution in [-0.2, 0) is 27.4 Å². The number of hydrogen-bond donors (Lipinski definition) is 0. The number of aryl methyl sites for hydroxylation is 1. The highest BCUT2D eigenvalue weighted by Crippen LogP contribution is 2.19. The third kappa shape index (κ3) is 5.17. The van der Waals surface area contributed by atoms with Crippen molar-refractivity contribution in [3.8, 4) is 5.75 Å². The zero-order valence-corrected chi connectivity index (χ0v) is 15.3. The highest BCUT2D eigenvalue weighted by molar-refractivity contribution is 5.83. The summed E-state index contributed by atoms with van der Waals surface area (Å²) in [7, 11) is 0. The predicted molar refractivity (Wildman–Crippen MR) is 104 cm³/mol. The van der Waals surface area contributed by atoms with Crippen molar-refractivity contribution in [1.82, 2.24) is 0 Å². The van der Waals surface area contributed by atoms with E-state index in [0.29, 0.717) is 5.75 Å². The van der Waals surface area contributed by atoms with E-state index in [2.05, 4.69) is 0 Å². The van der Waals surface area contributed by atoms with E-state index in [1.165, 1.54) is 0 Å². The molecule has 0 heterocycles. The molecule has 0 spiro atoms. The fourth-order valence-corrected chi connectivity index (χ4v) is 2.84. The SMILES string of the molecule is CCc1ccccc1OC(=O)CCC(=O)OCc1ccc2ccccc2c1. The normalized spacial score (nSPS) is 10.6. The number of esters is 2. The molecule has 4 nitrogen and oxygen atoms in total. The molecule has 0 aliphatic rings. The number of rotatable bonds is 7. The van der Waals surface area contributed by atoms with E-state index < -0.39 is 11.9 Å². The lowest BCUT2D eigenvalue weighted by atomic mass is 10.1. The minimum atomic E-state index is -0.432. The van der Waals surface area contributed by atoms with E-state index in [0.717, 1.165) is 28.3 Å². The molecular formula is C23H22O4. The van der Waals surface area contributed by atoms with E-state index in [4.69, 9.17) is 9.47 Å². The van der Waals surface area contributed by atoms with Crippen LogP contribution in [0.3, 0.4) is 0 Å². The van der Waals surface area contributed by atoms with Gasteiger partial charge in [0.15, 0.2) is 0 Å². The van der Waals surface area contributed by atoms with Crippen LogP contribution in [0.15, 0.2) is 66.7 Å². The highest BCUT2D eigenvalue weighted by atomic mass is 16.5. The van der Waals surface area contributed by atoms with Gasteiger partial charge in [0.05, 0.1) is 12.8 Å². The lowest BCUT2D eigenvalue weighted by Gasteiger charge is -2.09. The number of benzene rings is 3. The molecule has 0 saturated carbocycles. The van der Waals surface area contributed by atoms with Crippen molar-refractivity contribution in [3.05, 3.63) is 77.9 Å². The molecule has 3 aromatic carbocycles. The molecule has 0 bridgehead atoms. The molecule has 0 unspecified atom stereocenters. The van der Waals surface area contributed by atoms with Gasteiger partial charge in [0, 0.05) is 0 Å². The fourth-order valence-electron chi connectivity index (χ4n) is 2.84. The van der Waals surface area contributed by atoms with Crippen molar-refractivity contribution in [2.45, 2.75) is 32.8 Å². The van der Waals surface area contributed by atoms with Crippen molar-refractivity contribution in [2.75, 3.05) is 0 Å². The van der Waals surface area contributed by atoms with Crippen LogP contribution in [0.2, 0.25) is 0 Å². The van der Waals surface area contributed by atoms with Gasteiger partial charge in [0.25, 0.3) is 0 Å². The van der Waals surface area contributed by atoms with Crippen LogP contribution >= 0.6 is 0 Å². The maximum Gasteiger partial charge on any atom is 0.311 e. The van der Waals surface area contributed by atoms with E-state index in [9.17, 15) is 9.59 Å². The molecule has 27 heavy (non-hydrogen) atoms. The number of carbonyl (C=O) groups is 2. The summed E-state index contributed by atoms with van der Waals surface area (Å²) >= 11 is 0. The number of ether oxygens (including phenoxy) is 2. The number of para-hydroxylation sites is 1. The molecule has 0 radical (unpaired) electrons. The second-order valence-corrected chi connectivity index (χ2v) is 6.28. The predicted octanol–water partition coefficient (Wildman–Crippen LogP) is 4.83. The van der Waals surface area contributed by atoms with Crippen LogP contribution in [0, 0.1) is 0 Å². The van der Waals surface area contributed by atoms with E-state index in [1.54, 1.807) is 6.07 Å². The molecule has 0 amide bonds. The summed E-state index contributed by atoms with van der Waals surface area (Å²) < 4.78 is 10.6. The third-order valence-corrected chi connectivity index (χ3v) is 4.32. The van der Waals surface area contributed by atoms with Crippen LogP contribution < -0.4 is 4.74 Å². The van der Waals surface area contributed by atoms with Crippen LogP contribution in [0.5, 0.6) is 5.75 Å². The average Bonchev–Trinajstić information content (AvgIpc) is 2.71. The molecule has 0 atom stereocenters. The van der Waals surface area contributed by atoms with Crippen molar-refractivity contribution < 1.29 is 19.1 Å². The Morgan fingerprint density at radius 2 is 1.52 bits per heavy atom. The van der Waals surface area contributed by atoms with Crippen molar-refractivity contribution in [2.24, 2.45) is 0 Å². The molecule has 0 aromatic heterocycles. The third-order valence-electron chi connectivity index (χ3n) is 4.32. The smallest absolute Gasteiger partial charge is 0.311 e. The largest absolute Gasteiger partial charge is 0.461 e. The molecule has 3 aromatic rings. The summed E-state index contributed by atoms with van der Waals surface area (Å²) in [5, 5.41) is 2.24. The summed E-state index contributed by atoms with van der Waals surface area (Å²) in [6.45, 7) is 2.19. The van der Waals surface area contributed by atoms with E-state index >= 15 is 0 Å². The molecule has 0 N–H and O–H groups in total. The Morgan fingerprint density at radius 1 is 0.815 bits per heavy atom. The van der Waals surface area contributed by atoms with Crippen molar-refractivity contribution in [3.63, 3.8) is 0 Å². The molecule has 0 aliphatic heterocycles. The number of fused-ring (bicyclic) bond motifs is 1. The van der Waals surface area contributed by atoms with Crippen LogP contribution in [0.25, 0.3) is 10.8 Å². The summed E-state index contributed by atoms with van der Waals surface area (Å²) in [4.78, 5) is 23.9. The van der Waals surface area contributed by atoms with E-state index in [1.807, 2.05) is 67.6 Å². The van der Waals surface area contributed by atoms with Gasteiger partial charge in [0.2, 0.25) is 0 Å². The molecule has 138 valence electrons.